The van der Waals surface area contributed by atoms with Crippen molar-refractivity contribution in [1.82, 2.24) is 9.55 Å². The van der Waals surface area contributed by atoms with Crippen molar-refractivity contribution in [3.05, 3.63) is 34.2 Å². The predicted octanol–water partition coefficient (Wildman–Crippen LogP) is 2.65. The number of aromatic amines is 1. The number of nitrogens with zero attached hydrogens (tertiary/aromatic N) is 1. The summed E-state index contributed by atoms with van der Waals surface area (Å²) in [7, 11) is 0. The first-order valence-electron chi connectivity index (χ1n) is 6.48. The van der Waals surface area contributed by atoms with E-state index in [4.69, 9.17) is 4.74 Å². The number of alkyl halides is 3. The highest BCUT2D eigenvalue weighted by Gasteiger charge is 2.32. The van der Waals surface area contributed by atoms with Crippen molar-refractivity contribution < 1.29 is 22.7 Å². The fourth-order valence-corrected chi connectivity index (χ4v) is 2.23. The number of hydrogen-bond donors (Lipinski definition) is 1. The maximum absolute atomic E-state index is 12.7. The van der Waals surface area contributed by atoms with Gasteiger partial charge in [0.25, 0.3) is 0 Å². The summed E-state index contributed by atoms with van der Waals surface area (Å²) in [6.45, 7) is 4.48. The lowest BCUT2D eigenvalue weighted by atomic mass is 10.1. The molecule has 5 nitrogen and oxygen atoms in total. The molecule has 0 aliphatic rings. The van der Waals surface area contributed by atoms with E-state index in [1.54, 1.807) is 13.8 Å². The van der Waals surface area contributed by atoms with Gasteiger partial charge in [0.2, 0.25) is 0 Å². The number of esters is 1. The third kappa shape index (κ3) is 3.00. The number of imidazole rings is 1. The summed E-state index contributed by atoms with van der Waals surface area (Å²) in [6.07, 6.45) is -4.49. The molecule has 0 amide bonds. The Balaban J connectivity index is 2.54. The molecule has 2 rings (SSSR count). The molecule has 0 saturated carbocycles. The summed E-state index contributed by atoms with van der Waals surface area (Å²) in [6, 6.07) is 3.02. The Hall–Kier alpha value is -2.25. The van der Waals surface area contributed by atoms with Gasteiger partial charge < -0.3 is 9.72 Å². The molecule has 22 heavy (non-hydrogen) atoms. The van der Waals surface area contributed by atoms with Crippen molar-refractivity contribution in [2.24, 2.45) is 0 Å². The van der Waals surface area contributed by atoms with Gasteiger partial charge in [0.1, 0.15) is 6.61 Å². The topological polar surface area (TPSA) is 64.1 Å². The van der Waals surface area contributed by atoms with E-state index >= 15 is 0 Å². The molecule has 8 heteroatoms. The molecule has 0 unspecified atom stereocenters. The number of benzene rings is 1. The Labute approximate surface area is 123 Å². The number of H-pyrrole nitrogens is 1. The van der Waals surface area contributed by atoms with E-state index in [0.717, 1.165) is 12.1 Å². The average Bonchev–Trinajstić information content (AvgIpc) is 2.71. The summed E-state index contributed by atoms with van der Waals surface area (Å²) in [5.41, 5.74) is -1.91. The van der Waals surface area contributed by atoms with E-state index in [2.05, 4.69) is 4.98 Å². The zero-order valence-electron chi connectivity index (χ0n) is 12.2. The van der Waals surface area contributed by atoms with Gasteiger partial charge in [-0.3, -0.25) is 9.36 Å². The lowest BCUT2D eigenvalue weighted by molar-refractivity contribution is -0.143. The van der Waals surface area contributed by atoms with E-state index in [-0.39, 0.29) is 12.1 Å². The van der Waals surface area contributed by atoms with Crippen LogP contribution in [0.1, 0.15) is 26.3 Å². The Bertz CT molecular complexity index is 772. The minimum Gasteiger partial charge on any atom is -0.463 e. The summed E-state index contributed by atoms with van der Waals surface area (Å²) in [4.78, 5) is 25.4. The predicted molar refractivity (Wildman–Crippen MR) is 73.5 cm³/mol. The first-order valence-corrected chi connectivity index (χ1v) is 6.48. The minimum absolute atomic E-state index is 0.0732. The molecule has 1 heterocycles. The molecule has 2 aromatic rings. The summed E-state index contributed by atoms with van der Waals surface area (Å²) >= 11 is 0. The highest BCUT2D eigenvalue weighted by Crippen LogP contribution is 2.31. The van der Waals surface area contributed by atoms with Crippen LogP contribution in [-0.4, -0.2) is 22.1 Å². The number of ether oxygens (including phenoxy) is 1. The fraction of sp³-hybridized carbons (Fsp3) is 0.429. The smallest absolute Gasteiger partial charge is 0.416 e. The summed E-state index contributed by atoms with van der Waals surface area (Å²) in [5, 5.41) is 0. The molecule has 0 radical (unpaired) electrons. The lowest BCUT2D eigenvalue weighted by Gasteiger charge is -2.25. The van der Waals surface area contributed by atoms with E-state index in [9.17, 15) is 22.8 Å². The summed E-state index contributed by atoms with van der Waals surface area (Å²) < 4.78 is 44.3. The van der Waals surface area contributed by atoms with Crippen LogP contribution in [0.25, 0.3) is 11.0 Å². The highest BCUT2D eigenvalue weighted by atomic mass is 19.4. The normalized spacial score (nSPS) is 12.6. The van der Waals surface area contributed by atoms with Crippen molar-refractivity contribution >= 4 is 17.0 Å². The first kappa shape index (κ1) is 16.1. The monoisotopic (exact) mass is 316 g/mol. The van der Waals surface area contributed by atoms with Crippen LogP contribution in [0, 0.1) is 0 Å². The van der Waals surface area contributed by atoms with Crippen LogP contribution in [0.3, 0.4) is 0 Å². The second kappa shape index (κ2) is 5.19. The van der Waals surface area contributed by atoms with E-state index < -0.39 is 28.9 Å². The van der Waals surface area contributed by atoms with Gasteiger partial charge in [0.05, 0.1) is 22.1 Å². The quantitative estimate of drug-likeness (QED) is 0.885. The van der Waals surface area contributed by atoms with E-state index in [1.807, 2.05) is 0 Å². The standard InChI is InChI=1S/C14H15F3N2O3/c1-8(20)22-7-13(2,3)19-11-5-4-9(14(15,16)17)6-10(11)18-12(19)21/h4-6H,7H2,1-3H3,(H,18,21). The van der Waals surface area contributed by atoms with Crippen LogP contribution in [0.4, 0.5) is 13.2 Å². The third-order valence-corrected chi connectivity index (χ3v) is 3.24. The Morgan fingerprint density at radius 2 is 1.95 bits per heavy atom. The van der Waals surface area contributed by atoms with Crippen LogP contribution in [0.5, 0.6) is 0 Å². The molecule has 1 N–H and O–H groups in total. The number of carbonyl (C=O) groups excluding carboxylic acids is 1. The fourth-order valence-electron chi connectivity index (χ4n) is 2.23. The molecule has 0 aliphatic carbocycles. The Morgan fingerprint density at radius 1 is 1.32 bits per heavy atom. The number of hydrogen-bond acceptors (Lipinski definition) is 3. The number of halogens is 3. The van der Waals surface area contributed by atoms with E-state index in [0.29, 0.717) is 5.52 Å². The largest absolute Gasteiger partial charge is 0.463 e. The SMILES string of the molecule is CC(=O)OCC(C)(C)n1c(=O)[nH]c2cc(C(F)(F)F)ccc21. The Morgan fingerprint density at radius 3 is 2.50 bits per heavy atom. The zero-order chi connectivity index (χ0) is 16.7. The van der Waals surface area contributed by atoms with Crippen LogP contribution >= 0.6 is 0 Å². The van der Waals surface area contributed by atoms with Crippen molar-refractivity contribution in [2.75, 3.05) is 6.61 Å². The van der Waals surface area contributed by atoms with E-state index in [1.165, 1.54) is 17.6 Å². The highest BCUT2D eigenvalue weighted by molar-refractivity contribution is 5.76. The molecular weight excluding hydrogens is 301 g/mol. The van der Waals surface area contributed by atoms with Gasteiger partial charge in [-0.1, -0.05) is 0 Å². The molecule has 0 fully saturated rings. The molecule has 0 bridgehead atoms. The van der Waals surface area contributed by atoms with Crippen molar-refractivity contribution in [3.63, 3.8) is 0 Å². The van der Waals surface area contributed by atoms with Gasteiger partial charge in [-0.05, 0) is 32.0 Å². The molecule has 0 saturated heterocycles. The first-order chi connectivity index (χ1) is 10.0. The lowest BCUT2D eigenvalue weighted by Crippen LogP contribution is -2.39. The minimum atomic E-state index is -4.49. The van der Waals surface area contributed by atoms with Crippen molar-refractivity contribution in [2.45, 2.75) is 32.5 Å². The van der Waals surface area contributed by atoms with Crippen molar-refractivity contribution in [1.29, 1.82) is 0 Å². The second-order valence-electron chi connectivity index (χ2n) is 5.59. The van der Waals surface area contributed by atoms with Crippen LogP contribution in [0.15, 0.2) is 23.0 Å². The third-order valence-electron chi connectivity index (χ3n) is 3.24. The van der Waals surface area contributed by atoms with Crippen molar-refractivity contribution in [3.8, 4) is 0 Å². The number of aromatic nitrogens is 2. The van der Waals surface area contributed by atoms with Gasteiger partial charge in [0, 0.05) is 6.92 Å². The van der Waals surface area contributed by atoms with Gasteiger partial charge in [0.15, 0.2) is 0 Å². The van der Waals surface area contributed by atoms with Gasteiger partial charge >= 0.3 is 17.8 Å². The van der Waals surface area contributed by atoms with Crippen LogP contribution in [-0.2, 0) is 21.2 Å². The number of carbonyl (C=O) groups is 1. The maximum atomic E-state index is 12.7. The molecular formula is C14H15F3N2O3. The zero-order valence-corrected chi connectivity index (χ0v) is 12.2. The molecule has 0 aliphatic heterocycles. The average molecular weight is 316 g/mol. The molecule has 1 aromatic heterocycles. The second-order valence-corrected chi connectivity index (χ2v) is 5.59. The molecule has 0 spiro atoms. The summed E-state index contributed by atoms with van der Waals surface area (Å²) in [5.74, 6) is -0.500. The Kier molecular flexibility index (Phi) is 3.80. The maximum Gasteiger partial charge on any atom is 0.416 e. The number of nitrogens with one attached hydrogen (secondary N) is 1. The number of rotatable bonds is 3. The van der Waals surface area contributed by atoms with Crippen LogP contribution in [0.2, 0.25) is 0 Å². The number of fused-ring (bicyclic) bond motifs is 1. The molecule has 0 atom stereocenters. The van der Waals surface area contributed by atoms with Gasteiger partial charge in [-0.15, -0.1) is 0 Å². The van der Waals surface area contributed by atoms with Gasteiger partial charge in [-0.25, -0.2) is 4.79 Å². The molecule has 120 valence electrons. The van der Waals surface area contributed by atoms with Gasteiger partial charge in [-0.2, -0.15) is 13.2 Å². The molecule has 1 aromatic carbocycles. The van der Waals surface area contributed by atoms with Crippen LogP contribution < -0.4 is 5.69 Å².